The number of aromatic nitrogens is 1. The van der Waals surface area contributed by atoms with Gasteiger partial charge in [-0.15, -0.1) is 0 Å². The van der Waals surface area contributed by atoms with Crippen molar-refractivity contribution in [2.24, 2.45) is 0 Å². The van der Waals surface area contributed by atoms with Gasteiger partial charge in [-0.1, -0.05) is 115 Å². The molecule has 0 bridgehead atoms. The van der Waals surface area contributed by atoms with Crippen LogP contribution in [0, 0.1) is 6.92 Å². The first kappa shape index (κ1) is 27.5. The number of nitrogens with zero attached hydrogens (tertiary/aromatic N) is 2. The van der Waals surface area contributed by atoms with E-state index in [4.69, 9.17) is 0 Å². The van der Waals surface area contributed by atoms with E-state index < -0.39 is 0 Å². The van der Waals surface area contributed by atoms with E-state index >= 15 is 0 Å². The summed E-state index contributed by atoms with van der Waals surface area (Å²) in [5.41, 5.74) is 16.5. The summed E-state index contributed by atoms with van der Waals surface area (Å²) in [6.07, 6.45) is 0. The fraction of sp³-hybridized carbons (Fsp3) is 0.0667. The molecule has 2 heteroatoms. The fourth-order valence-electron chi connectivity index (χ4n) is 7.79. The molecule has 1 aliphatic rings. The van der Waals surface area contributed by atoms with Gasteiger partial charge in [0, 0.05) is 40.8 Å². The van der Waals surface area contributed by atoms with Crippen molar-refractivity contribution in [3.8, 4) is 27.9 Å². The molecule has 224 valence electrons. The maximum atomic E-state index is 2.45. The molecule has 0 amide bonds. The Morgan fingerprint density at radius 3 is 1.72 bits per heavy atom. The summed E-state index contributed by atoms with van der Waals surface area (Å²) in [6.45, 7) is 2.22. The molecule has 1 aliphatic carbocycles. The van der Waals surface area contributed by atoms with Crippen molar-refractivity contribution < 1.29 is 0 Å². The van der Waals surface area contributed by atoms with Crippen LogP contribution in [0.15, 0.2) is 164 Å². The second-order valence-electron chi connectivity index (χ2n) is 12.6. The third-order valence-corrected chi connectivity index (χ3v) is 10.1. The van der Waals surface area contributed by atoms with Gasteiger partial charge in [0.25, 0.3) is 0 Å². The minimum atomic E-state index is 0.0768. The average molecular weight is 603 g/mol. The Morgan fingerprint density at radius 1 is 0.447 bits per heavy atom. The van der Waals surface area contributed by atoms with Crippen LogP contribution in [0.5, 0.6) is 0 Å². The largest absolute Gasteiger partial charge is 0.345 e. The van der Waals surface area contributed by atoms with Crippen LogP contribution in [0.1, 0.15) is 28.2 Å². The number of para-hydroxylation sites is 3. The summed E-state index contributed by atoms with van der Waals surface area (Å²) in [6, 6.07) is 60.1. The van der Waals surface area contributed by atoms with E-state index in [1.54, 1.807) is 0 Å². The SMILES string of the molecule is Cc1ccccc1-c1ccccc1C1c2cc(N(C)c3ccccc3)ccc2-c2ccc(-n3c4ccccc4c4ccccc43)cc21. The van der Waals surface area contributed by atoms with Crippen molar-refractivity contribution in [3.05, 3.63) is 186 Å². The minimum Gasteiger partial charge on any atom is -0.345 e. The van der Waals surface area contributed by atoms with Gasteiger partial charge in [-0.3, -0.25) is 0 Å². The highest BCUT2D eigenvalue weighted by molar-refractivity contribution is 6.09. The summed E-state index contributed by atoms with van der Waals surface area (Å²) in [5.74, 6) is 0.0768. The molecule has 0 radical (unpaired) electrons. The number of rotatable bonds is 5. The van der Waals surface area contributed by atoms with E-state index in [0.717, 1.165) is 0 Å². The Labute approximate surface area is 275 Å². The lowest BCUT2D eigenvalue weighted by Crippen LogP contribution is -2.10. The second-order valence-corrected chi connectivity index (χ2v) is 12.6. The highest BCUT2D eigenvalue weighted by atomic mass is 15.1. The molecule has 0 N–H and O–H groups in total. The Bertz CT molecular complexity index is 2400. The summed E-state index contributed by atoms with van der Waals surface area (Å²) in [7, 11) is 2.16. The molecule has 0 saturated carbocycles. The third kappa shape index (κ3) is 4.33. The van der Waals surface area contributed by atoms with Crippen molar-refractivity contribution in [1.29, 1.82) is 0 Å². The van der Waals surface area contributed by atoms with Gasteiger partial charge in [0.05, 0.1) is 11.0 Å². The summed E-state index contributed by atoms with van der Waals surface area (Å²) in [4.78, 5) is 2.29. The summed E-state index contributed by atoms with van der Waals surface area (Å²) in [5, 5.41) is 2.56. The molecule has 8 aromatic rings. The van der Waals surface area contributed by atoms with Crippen molar-refractivity contribution >= 4 is 33.2 Å². The second kappa shape index (κ2) is 10.9. The van der Waals surface area contributed by atoms with Crippen LogP contribution in [0.25, 0.3) is 49.7 Å². The lowest BCUT2D eigenvalue weighted by molar-refractivity contribution is 1.01. The Kier molecular flexibility index (Phi) is 6.36. The van der Waals surface area contributed by atoms with Gasteiger partial charge in [-0.05, 0) is 100.0 Å². The van der Waals surface area contributed by atoms with Gasteiger partial charge in [-0.25, -0.2) is 0 Å². The minimum absolute atomic E-state index is 0.0768. The van der Waals surface area contributed by atoms with E-state index in [2.05, 4.69) is 187 Å². The predicted octanol–water partition coefficient (Wildman–Crippen LogP) is 11.7. The maximum Gasteiger partial charge on any atom is 0.0541 e. The van der Waals surface area contributed by atoms with Crippen molar-refractivity contribution in [2.45, 2.75) is 12.8 Å². The lowest BCUT2D eigenvalue weighted by Gasteiger charge is -2.23. The number of hydrogen-bond acceptors (Lipinski definition) is 1. The monoisotopic (exact) mass is 602 g/mol. The highest BCUT2D eigenvalue weighted by Gasteiger charge is 2.33. The Morgan fingerprint density at radius 2 is 1.00 bits per heavy atom. The van der Waals surface area contributed by atoms with Crippen LogP contribution in [0.3, 0.4) is 0 Å². The quantitative estimate of drug-likeness (QED) is 0.190. The Hall–Kier alpha value is -5.86. The number of benzene rings is 7. The summed E-state index contributed by atoms with van der Waals surface area (Å²) >= 11 is 0. The molecular formula is C45H34N2. The van der Waals surface area contributed by atoms with Crippen LogP contribution >= 0.6 is 0 Å². The van der Waals surface area contributed by atoms with Crippen LogP contribution in [-0.2, 0) is 0 Å². The van der Waals surface area contributed by atoms with Crippen molar-refractivity contribution in [2.75, 3.05) is 11.9 Å². The molecule has 1 atom stereocenters. The number of hydrogen-bond donors (Lipinski definition) is 0. The van der Waals surface area contributed by atoms with Gasteiger partial charge >= 0.3 is 0 Å². The van der Waals surface area contributed by atoms with Crippen LogP contribution < -0.4 is 4.90 Å². The third-order valence-electron chi connectivity index (χ3n) is 10.1. The molecule has 1 aromatic heterocycles. The molecule has 0 aliphatic heterocycles. The van der Waals surface area contributed by atoms with E-state index in [9.17, 15) is 0 Å². The molecule has 1 heterocycles. The lowest BCUT2D eigenvalue weighted by atomic mass is 9.83. The molecule has 2 nitrogen and oxygen atoms in total. The zero-order valence-electron chi connectivity index (χ0n) is 26.6. The first-order valence-corrected chi connectivity index (χ1v) is 16.4. The molecule has 0 fully saturated rings. The standard InChI is InChI=1S/C45H34N2/c1-30-14-6-7-17-34(30)35-18-8-9-21-40(35)45-41-28-32(46(2)31-15-4-3-5-16-31)24-26-36(41)37-27-25-33(29-42(37)45)47-43-22-12-10-19-38(43)39-20-11-13-23-44(39)47/h3-29,45H,1-2H3. The molecule has 1 unspecified atom stereocenters. The fourth-order valence-corrected chi connectivity index (χ4v) is 7.79. The van der Waals surface area contributed by atoms with Crippen molar-refractivity contribution in [3.63, 3.8) is 0 Å². The van der Waals surface area contributed by atoms with Gasteiger partial charge in [0.2, 0.25) is 0 Å². The van der Waals surface area contributed by atoms with Gasteiger partial charge in [0.15, 0.2) is 0 Å². The molecule has 7 aromatic carbocycles. The van der Waals surface area contributed by atoms with E-state index in [1.165, 1.54) is 83.4 Å². The first-order chi connectivity index (χ1) is 23.2. The van der Waals surface area contributed by atoms with Crippen LogP contribution in [0.4, 0.5) is 11.4 Å². The topological polar surface area (TPSA) is 8.17 Å². The van der Waals surface area contributed by atoms with Gasteiger partial charge < -0.3 is 9.47 Å². The average Bonchev–Trinajstić information content (AvgIpc) is 3.64. The van der Waals surface area contributed by atoms with E-state index in [-0.39, 0.29) is 5.92 Å². The number of anilines is 2. The van der Waals surface area contributed by atoms with Gasteiger partial charge in [0.1, 0.15) is 0 Å². The molecule has 0 saturated heterocycles. The number of fused-ring (bicyclic) bond motifs is 6. The zero-order chi connectivity index (χ0) is 31.5. The molecule has 9 rings (SSSR count). The molecule has 47 heavy (non-hydrogen) atoms. The van der Waals surface area contributed by atoms with Crippen LogP contribution in [-0.4, -0.2) is 11.6 Å². The Balaban J connectivity index is 1.29. The normalized spacial score (nSPS) is 13.5. The highest BCUT2D eigenvalue weighted by Crippen LogP contribution is 2.52. The molecular weight excluding hydrogens is 569 g/mol. The molecule has 0 spiro atoms. The van der Waals surface area contributed by atoms with E-state index in [0.29, 0.717) is 0 Å². The van der Waals surface area contributed by atoms with Gasteiger partial charge in [-0.2, -0.15) is 0 Å². The van der Waals surface area contributed by atoms with E-state index in [1.807, 2.05) is 0 Å². The zero-order valence-corrected chi connectivity index (χ0v) is 26.6. The number of aryl methyl sites for hydroxylation is 1. The smallest absolute Gasteiger partial charge is 0.0541 e. The first-order valence-electron chi connectivity index (χ1n) is 16.4. The maximum absolute atomic E-state index is 2.45. The predicted molar refractivity (Wildman–Crippen MR) is 198 cm³/mol. The summed E-state index contributed by atoms with van der Waals surface area (Å²) < 4.78 is 2.44. The van der Waals surface area contributed by atoms with Crippen molar-refractivity contribution in [1.82, 2.24) is 4.57 Å². The van der Waals surface area contributed by atoms with Crippen LogP contribution in [0.2, 0.25) is 0 Å².